The normalized spacial score (nSPS) is 15.2. The lowest BCUT2D eigenvalue weighted by molar-refractivity contribution is -0.111. The van der Waals surface area contributed by atoms with Gasteiger partial charge in [0.2, 0.25) is 12.7 Å². The van der Waals surface area contributed by atoms with Gasteiger partial charge in [0.15, 0.2) is 11.5 Å². The summed E-state index contributed by atoms with van der Waals surface area (Å²) >= 11 is 1.49. The number of carbonyl (C=O) groups is 2. The third kappa shape index (κ3) is 4.51. The van der Waals surface area contributed by atoms with Gasteiger partial charge < -0.3 is 19.5 Å². The highest BCUT2D eigenvalue weighted by atomic mass is 32.1. The summed E-state index contributed by atoms with van der Waals surface area (Å²) in [7, 11) is 0. The van der Waals surface area contributed by atoms with Crippen molar-refractivity contribution in [2.45, 2.75) is 52.1 Å². The first-order valence-electron chi connectivity index (χ1n) is 10.3. The summed E-state index contributed by atoms with van der Waals surface area (Å²) in [5.74, 6) is 0.713. The van der Waals surface area contributed by atoms with Crippen molar-refractivity contribution in [1.82, 2.24) is 0 Å². The van der Waals surface area contributed by atoms with Crippen molar-refractivity contribution in [2.24, 2.45) is 0 Å². The number of fused-ring (bicyclic) bond motifs is 2. The zero-order chi connectivity index (χ0) is 21.1. The van der Waals surface area contributed by atoms with E-state index >= 15 is 0 Å². The summed E-state index contributed by atoms with van der Waals surface area (Å²) < 4.78 is 16.1. The zero-order valence-electron chi connectivity index (χ0n) is 17.2. The van der Waals surface area contributed by atoms with E-state index in [9.17, 15) is 9.59 Å². The summed E-state index contributed by atoms with van der Waals surface area (Å²) in [5, 5.41) is 3.48. The van der Waals surface area contributed by atoms with Crippen LogP contribution in [0.4, 0.5) is 5.00 Å². The second-order valence-corrected chi connectivity index (χ2v) is 8.76. The van der Waals surface area contributed by atoms with Crippen molar-refractivity contribution < 1.29 is 23.8 Å². The minimum atomic E-state index is -0.362. The lowest BCUT2D eigenvalue weighted by Crippen LogP contribution is -2.16. The second kappa shape index (κ2) is 8.92. The number of carbonyl (C=O) groups excluding carboxylic acids is 2. The maximum absolute atomic E-state index is 12.8. The molecular formula is C23H25NO5S. The Labute approximate surface area is 179 Å². The summed E-state index contributed by atoms with van der Waals surface area (Å²) in [4.78, 5) is 26.6. The van der Waals surface area contributed by atoms with Crippen LogP contribution in [0, 0.1) is 0 Å². The van der Waals surface area contributed by atoms with Crippen molar-refractivity contribution in [3.8, 4) is 11.5 Å². The van der Waals surface area contributed by atoms with Crippen LogP contribution >= 0.6 is 11.3 Å². The fourth-order valence-corrected chi connectivity index (χ4v) is 4.94. The zero-order valence-corrected chi connectivity index (χ0v) is 18.0. The molecule has 0 fully saturated rings. The van der Waals surface area contributed by atoms with Crippen molar-refractivity contribution in [3.05, 3.63) is 45.8 Å². The monoisotopic (exact) mass is 427 g/mol. The Balaban J connectivity index is 1.54. The molecule has 0 saturated heterocycles. The standard InChI is InChI=1S/C23H25NO5S/c1-14(2)29-23(26)21-16-6-4-3-5-7-19(16)30-22(21)24-20(25)11-9-15-8-10-17-18(12-15)28-13-27-17/h8-12,14H,3-7,13H2,1-2H3,(H,24,25)/b11-9+. The molecule has 2 aromatic rings. The average Bonchev–Trinajstić information content (AvgIpc) is 3.23. The second-order valence-electron chi connectivity index (χ2n) is 7.66. The van der Waals surface area contributed by atoms with Crippen LogP contribution in [-0.4, -0.2) is 24.8 Å². The Morgan fingerprint density at radius 1 is 1.13 bits per heavy atom. The summed E-state index contributed by atoms with van der Waals surface area (Å²) in [6.07, 6.45) is 8.03. The Morgan fingerprint density at radius 2 is 1.93 bits per heavy atom. The fraction of sp³-hybridized carbons (Fsp3) is 0.391. The lowest BCUT2D eigenvalue weighted by atomic mass is 10.1. The minimum absolute atomic E-state index is 0.210. The first-order valence-corrected chi connectivity index (χ1v) is 11.1. The van der Waals surface area contributed by atoms with Gasteiger partial charge in [0.05, 0.1) is 11.7 Å². The molecule has 0 bridgehead atoms. The van der Waals surface area contributed by atoms with Crippen molar-refractivity contribution in [2.75, 3.05) is 12.1 Å². The number of nitrogens with one attached hydrogen (secondary N) is 1. The first kappa shape index (κ1) is 20.5. The molecule has 1 N–H and O–H groups in total. The predicted octanol–water partition coefficient (Wildman–Crippen LogP) is 4.96. The van der Waals surface area contributed by atoms with Crippen molar-refractivity contribution in [3.63, 3.8) is 0 Å². The summed E-state index contributed by atoms with van der Waals surface area (Å²) in [6.45, 7) is 3.87. The molecule has 0 atom stereocenters. The number of amides is 1. The number of hydrogen-bond acceptors (Lipinski definition) is 6. The van der Waals surface area contributed by atoms with E-state index in [2.05, 4.69) is 5.32 Å². The Morgan fingerprint density at radius 3 is 2.77 bits per heavy atom. The molecule has 2 aliphatic rings. The van der Waals surface area contributed by atoms with E-state index in [1.807, 2.05) is 32.0 Å². The number of rotatable bonds is 5. The average molecular weight is 428 g/mol. The molecular weight excluding hydrogens is 402 g/mol. The molecule has 1 aromatic heterocycles. The van der Waals surface area contributed by atoms with Crippen LogP contribution in [0.5, 0.6) is 11.5 Å². The number of thiophene rings is 1. The molecule has 158 valence electrons. The quantitative estimate of drug-likeness (QED) is 0.415. The molecule has 0 spiro atoms. The van der Waals surface area contributed by atoms with E-state index in [4.69, 9.17) is 14.2 Å². The van der Waals surface area contributed by atoms with Gasteiger partial charge in [0, 0.05) is 11.0 Å². The molecule has 0 radical (unpaired) electrons. The molecule has 4 rings (SSSR count). The van der Waals surface area contributed by atoms with Gasteiger partial charge in [-0.2, -0.15) is 0 Å². The van der Waals surface area contributed by atoms with Gasteiger partial charge in [0.25, 0.3) is 0 Å². The SMILES string of the molecule is CC(C)OC(=O)c1c(NC(=O)/C=C/c2ccc3c(c2)OCO3)sc2c1CCCCC2. The van der Waals surface area contributed by atoms with E-state index < -0.39 is 0 Å². The molecule has 6 nitrogen and oxygen atoms in total. The van der Waals surface area contributed by atoms with Crippen LogP contribution in [0.25, 0.3) is 6.08 Å². The Kier molecular flexibility index (Phi) is 6.08. The van der Waals surface area contributed by atoms with Gasteiger partial charge in [-0.15, -0.1) is 11.3 Å². The van der Waals surface area contributed by atoms with Gasteiger partial charge in [-0.05, 0) is 68.9 Å². The first-order chi connectivity index (χ1) is 14.5. The van der Waals surface area contributed by atoms with Crippen LogP contribution in [0.2, 0.25) is 0 Å². The van der Waals surface area contributed by atoms with Gasteiger partial charge in [0.1, 0.15) is 5.00 Å². The van der Waals surface area contributed by atoms with E-state index in [1.54, 1.807) is 6.08 Å². The van der Waals surface area contributed by atoms with E-state index in [-0.39, 0.29) is 24.8 Å². The minimum Gasteiger partial charge on any atom is -0.459 e. The number of benzene rings is 1. The number of anilines is 1. The maximum atomic E-state index is 12.8. The molecule has 7 heteroatoms. The van der Waals surface area contributed by atoms with Gasteiger partial charge in [-0.1, -0.05) is 12.5 Å². The van der Waals surface area contributed by atoms with Gasteiger partial charge in [-0.3, -0.25) is 4.79 Å². The molecule has 1 aliphatic carbocycles. The Bertz CT molecular complexity index is 992. The molecule has 2 heterocycles. The predicted molar refractivity (Wildman–Crippen MR) is 116 cm³/mol. The molecule has 30 heavy (non-hydrogen) atoms. The number of aryl methyl sites for hydroxylation is 1. The van der Waals surface area contributed by atoms with E-state index in [0.29, 0.717) is 22.1 Å². The van der Waals surface area contributed by atoms with Crippen LogP contribution in [0.15, 0.2) is 24.3 Å². The van der Waals surface area contributed by atoms with E-state index in [1.165, 1.54) is 22.3 Å². The highest BCUT2D eigenvalue weighted by molar-refractivity contribution is 7.17. The van der Waals surface area contributed by atoms with Crippen molar-refractivity contribution >= 4 is 34.3 Å². The van der Waals surface area contributed by atoms with Crippen LogP contribution in [0.1, 0.15) is 59.5 Å². The van der Waals surface area contributed by atoms with Crippen molar-refractivity contribution in [1.29, 1.82) is 0 Å². The molecule has 1 amide bonds. The number of hydrogen-bond donors (Lipinski definition) is 1. The lowest BCUT2D eigenvalue weighted by Gasteiger charge is -2.11. The van der Waals surface area contributed by atoms with Gasteiger partial charge in [-0.25, -0.2) is 4.79 Å². The van der Waals surface area contributed by atoms with Crippen LogP contribution in [0.3, 0.4) is 0 Å². The third-order valence-electron chi connectivity index (χ3n) is 5.03. The molecule has 1 aromatic carbocycles. The van der Waals surface area contributed by atoms with Crippen LogP contribution < -0.4 is 14.8 Å². The third-order valence-corrected chi connectivity index (χ3v) is 6.24. The largest absolute Gasteiger partial charge is 0.459 e. The molecule has 0 saturated carbocycles. The maximum Gasteiger partial charge on any atom is 0.341 e. The van der Waals surface area contributed by atoms with Gasteiger partial charge >= 0.3 is 5.97 Å². The topological polar surface area (TPSA) is 73.9 Å². The van der Waals surface area contributed by atoms with E-state index in [0.717, 1.165) is 43.2 Å². The highest BCUT2D eigenvalue weighted by Crippen LogP contribution is 2.38. The number of esters is 1. The summed E-state index contributed by atoms with van der Waals surface area (Å²) in [5.41, 5.74) is 2.39. The fourth-order valence-electron chi connectivity index (χ4n) is 3.66. The Hall–Kier alpha value is -2.80. The molecule has 1 aliphatic heterocycles. The number of ether oxygens (including phenoxy) is 3. The molecule has 0 unspecified atom stereocenters. The highest BCUT2D eigenvalue weighted by Gasteiger charge is 2.27. The smallest absolute Gasteiger partial charge is 0.341 e. The van der Waals surface area contributed by atoms with Crippen LogP contribution in [-0.2, 0) is 22.4 Å². The summed E-state index contributed by atoms with van der Waals surface area (Å²) in [6, 6.07) is 5.50.